The van der Waals surface area contributed by atoms with Gasteiger partial charge in [0.15, 0.2) is 5.03 Å². The summed E-state index contributed by atoms with van der Waals surface area (Å²) in [5, 5.41) is -0.0940. The van der Waals surface area contributed by atoms with E-state index in [0.29, 0.717) is 0 Å². The molecule has 0 aliphatic carbocycles. The quantitative estimate of drug-likeness (QED) is 0.881. The molecule has 7 heteroatoms. The minimum atomic E-state index is -3.63. The Labute approximate surface area is 111 Å². The van der Waals surface area contributed by atoms with E-state index in [1.54, 1.807) is 31.4 Å². The first-order valence-corrected chi connectivity index (χ1v) is 6.99. The summed E-state index contributed by atoms with van der Waals surface area (Å²) >= 11 is 0. The minimum absolute atomic E-state index is 0.0940. The molecule has 100 valence electrons. The van der Waals surface area contributed by atoms with Gasteiger partial charge in [0.2, 0.25) is 0 Å². The molecule has 2 aromatic rings. The fourth-order valence-electron chi connectivity index (χ4n) is 1.42. The largest absolute Gasteiger partial charge is 0.497 e. The summed E-state index contributed by atoms with van der Waals surface area (Å²) in [6, 6.07) is 7.12. The number of hydrogen-bond donors (Lipinski definition) is 1. The Bertz CT molecular complexity index is 627. The number of aromatic nitrogens is 2. The SMILES string of the molecule is COc1ccc(CNS(=O)(=O)c2cnccn2)cc1. The van der Waals surface area contributed by atoms with Gasteiger partial charge >= 0.3 is 0 Å². The van der Waals surface area contributed by atoms with E-state index in [-0.39, 0.29) is 11.6 Å². The van der Waals surface area contributed by atoms with Gasteiger partial charge < -0.3 is 4.74 Å². The van der Waals surface area contributed by atoms with Crippen molar-refractivity contribution in [3.63, 3.8) is 0 Å². The standard InChI is InChI=1S/C12H13N3O3S/c1-18-11-4-2-10(3-5-11)8-15-19(16,17)12-9-13-6-7-14-12/h2-7,9,15H,8H2,1H3. The molecule has 0 bridgehead atoms. The van der Waals surface area contributed by atoms with Crippen molar-refractivity contribution in [1.29, 1.82) is 0 Å². The van der Waals surface area contributed by atoms with Crippen LogP contribution in [0, 0.1) is 0 Å². The van der Waals surface area contributed by atoms with Gasteiger partial charge in [0.05, 0.1) is 13.3 Å². The number of rotatable bonds is 5. The van der Waals surface area contributed by atoms with Gasteiger partial charge in [0.1, 0.15) is 5.75 Å². The predicted molar refractivity (Wildman–Crippen MR) is 69.1 cm³/mol. The van der Waals surface area contributed by atoms with Crippen LogP contribution in [0.25, 0.3) is 0 Å². The van der Waals surface area contributed by atoms with E-state index in [1.807, 2.05) is 0 Å². The average Bonchev–Trinajstić information content (AvgIpc) is 2.47. The van der Waals surface area contributed by atoms with Crippen LogP contribution in [0.5, 0.6) is 5.75 Å². The second kappa shape index (κ2) is 5.77. The smallest absolute Gasteiger partial charge is 0.259 e. The van der Waals surface area contributed by atoms with Crippen molar-refractivity contribution in [2.75, 3.05) is 7.11 Å². The molecule has 19 heavy (non-hydrogen) atoms. The van der Waals surface area contributed by atoms with Crippen molar-refractivity contribution in [1.82, 2.24) is 14.7 Å². The Morgan fingerprint density at radius 3 is 2.53 bits per heavy atom. The van der Waals surface area contributed by atoms with Crippen molar-refractivity contribution in [3.05, 3.63) is 48.4 Å². The number of benzene rings is 1. The van der Waals surface area contributed by atoms with E-state index >= 15 is 0 Å². The first-order valence-electron chi connectivity index (χ1n) is 5.50. The van der Waals surface area contributed by atoms with Gasteiger partial charge in [-0.3, -0.25) is 4.98 Å². The third-order valence-corrected chi connectivity index (χ3v) is 3.73. The molecule has 1 aromatic heterocycles. The number of nitrogens with zero attached hydrogens (tertiary/aromatic N) is 2. The molecule has 2 rings (SSSR count). The summed E-state index contributed by atoms with van der Waals surface area (Å²) in [7, 11) is -2.05. The van der Waals surface area contributed by atoms with Gasteiger partial charge in [-0.05, 0) is 17.7 Å². The molecule has 0 fully saturated rings. The highest BCUT2D eigenvalue weighted by Crippen LogP contribution is 2.11. The normalized spacial score (nSPS) is 11.2. The number of nitrogens with one attached hydrogen (secondary N) is 1. The van der Waals surface area contributed by atoms with Gasteiger partial charge in [-0.25, -0.2) is 18.1 Å². The average molecular weight is 279 g/mol. The zero-order valence-electron chi connectivity index (χ0n) is 10.3. The van der Waals surface area contributed by atoms with Crippen LogP contribution in [0.2, 0.25) is 0 Å². The monoisotopic (exact) mass is 279 g/mol. The second-order valence-corrected chi connectivity index (χ2v) is 5.43. The number of ether oxygens (including phenoxy) is 1. The van der Waals surface area contributed by atoms with Crippen LogP contribution in [0.4, 0.5) is 0 Å². The molecule has 0 saturated carbocycles. The highest BCUT2D eigenvalue weighted by atomic mass is 32.2. The number of hydrogen-bond acceptors (Lipinski definition) is 5. The molecular formula is C12H13N3O3S. The highest BCUT2D eigenvalue weighted by molar-refractivity contribution is 7.89. The van der Waals surface area contributed by atoms with Crippen molar-refractivity contribution < 1.29 is 13.2 Å². The molecule has 0 radical (unpaired) electrons. The Kier molecular flexibility index (Phi) is 4.08. The number of sulfonamides is 1. The molecule has 1 N–H and O–H groups in total. The topological polar surface area (TPSA) is 81.2 Å². The van der Waals surface area contributed by atoms with Crippen LogP contribution in [0.3, 0.4) is 0 Å². The first kappa shape index (κ1) is 13.4. The van der Waals surface area contributed by atoms with E-state index in [1.165, 1.54) is 18.6 Å². The fourth-order valence-corrected chi connectivity index (χ4v) is 2.32. The first-order chi connectivity index (χ1) is 9.12. The molecule has 0 aliphatic heterocycles. The summed E-state index contributed by atoms with van der Waals surface area (Å²) in [6.07, 6.45) is 3.96. The van der Waals surface area contributed by atoms with Gasteiger partial charge in [0.25, 0.3) is 10.0 Å². The van der Waals surface area contributed by atoms with Crippen molar-refractivity contribution in [2.45, 2.75) is 11.6 Å². The Morgan fingerprint density at radius 2 is 1.95 bits per heavy atom. The van der Waals surface area contributed by atoms with Gasteiger partial charge in [-0.15, -0.1) is 0 Å². The van der Waals surface area contributed by atoms with Crippen LogP contribution >= 0.6 is 0 Å². The Balaban J connectivity index is 2.05. The summed E-state index contributed by atoms with van der Waals surface area (Å²) in [5.74, 6) is 0.723. The maximum atomic E-state index is 11.9. The third-order valence-electron chi connectivity index (χ3n) is 2.44. The molecule has 0 aliphatic rings. The maximum absolute atomic E-state index is 11.9. The lowest BCUT2D eigenvalue weighted by atomic mass is 10.2. The molecule has 0 unspecified atom stereocenters. The van der Waals surface area contributed by atoms with E-state index < -0.39 is 10.0 Å². The molecule has 0 atom stereocenters. The summed E-state index contributed by atoms with van der Waals surface area (Å²) in [4.78, 5) is 7.49. The van der Waals surface area contributed by atoms with Crippen LogP contribution in [0.15, 0.2) is 47.9 Å². The summed E-state index contributed by atoms with van der Waals surface area (Å²) in [5.41, 5.74) is 0.827. The predicted octanol–water partition coefficient (Wildman–Crippen LogP) is 0.964. The van der Waals surface area contributed by atoms with Crippen LogP contribution in [0.1, 0.15) is 5.56 Å². The van der Waals surface area contributed by atoms with Crippen LogP contribution in [-0.4, -0.2) is 25.5 Å². The zero-order valence-corrected chi connectivity index (χ0v) is 11.1. The van der Waals surface area contributed by atoms with E-state index in [0.717, 1.165) is 11.3 Å². The lowest BCUT2D eigenvalue weighted by Crippen LogP contribution is -2.24. The van der Waals surface area contributed by atoms with Crippen molar-refractivity contribution >= 4 is 10.0 Å². The van der Waals surface area contributed by atoms with E-state index in [2.05, 4.69) is 14.7 Å². The highest BCUT2D eigenvalue weighted by Gasteiger charge is 2.14. The van der Waals surface area contributed by atoms with E-state index in [9.17, 15) is 8.42 Å². The third kappa shape index (κ3) is 3.49. The molecule has 0 saturated heterocycles. The van der Waals surface area contributed by atoms with Gasteiger partial charge in [0, 0.05) is 18.9 Å². The molecule has 0 spiro atoms. The second-order valence-electron chi connectivity index (χ2n) is 3.72. The molecule has 1 aromatic carbocycles. The number of methoxy groups -OCH3 is 1. The molecule has 1 heterocycles. The van der Waals surface area contributed by atoms with Gasteiger partial charge in [-0.1, -0.05) is 12.1 Å². The van der Waals surface area contributed by atoms with Gasteiger partial charge in [-0.2, -0.15) is 0 Å². The van der Waals surface area contributed by atoms with Crippen molar-refractivity contribution in [3.8, 4) is 5.75 Å². The van der Waals surface area contributed by atoms with Crippen molar-refractivity contribution in [2.24, 2.45) is 0 Å². The molecular weight excluding hydrogens is 266 g/mol. The Morgan fingerprint density at radius 1 is 1.21 bits per heavy atom. The molecule has 6 nitrogen and oxygen atoms in total. The molecule has 0 amide bonds. The minimum Gasteiger partial charge on any atom is -0.497 e. The lowest BCUT2D eigenvalue weighted by Gasteiger charge is -2.06. The van der Waals surface area contributed by atoms with E-state index in [4.69, 9.17) is 4.74 Å². The fraction of sp³-hybridized carbons (Fsp3) is 0.167. The summed E-state index contributed by atoms with van der Waals surface area (Å²) in [6.45, 7) is 0.183. The summed E-state index contributed by atoms with van der Waals surface area (Å²) < 4.78 is 31.3. The Hall–Kier alpha value is -1.99. The van der Waals surface area contributed by atoms with Crippen LogP contribution in [-0.2, 0) is 16.6 Å². The maximum Gasteiger partial charge on any atom is 0.259 e. The zero-order chi connectivity index (χ0) is 13.7. The van der Waals surface area contributed by atoms with Crippen LogP contribution < -0.4 is 9.46 Å². The lowest BCUT2D eigenvalue weighted by molar-refractivity contribution is 0.414.